The zero-order valence-electron chi connectivity index (χ0n) is 21.0. The highest BCUT2D eigenvalue weighted by Gasteiger charge is 2.27. The minimum absolute atomic E-state index is 0.0674. The average molecular weight is 521 g/mol. The van der Waals surface area contributed by atoms with E-state index in [2.05, 4.69) is 37.7 Å². The van der Waals surface area contributed by atoms with E-state index < -0.39 is 0 Å². The smallest absolute Gasteiger partial charge is 0.209 e. The van der Waals surface area contributed by atoms with Crippen molar-refractivity contribution in [1.29, 1.82) is 0 Å². The Morgan fingerprint density at radius 3 is 1.14 bits per heavy atom. The lowest BCUT2D eigenvalue weighted by Gasteiger charge is -2.06. The molecule has 0 spiro atoms. The molecule has 36 heavy (non-hydrogen) atoms. The highest BCUT2D eigenvalue weighted by atomic mass is 35.5. The van der Waals surface area contributed by atoms with Gasteiger partial charge in [0.1, 0.15) is 0 Å². The second-order valence-corrected chi connectivity index (χ2v) is 9.62. The van der Waals surface area contributed by atoms with Gasteiger partial charge in [0, 0.05) is 21.2 Å². The number of carbonyl (C=O) groups is 2. The molecule has 0 aliphatic rings. The second-order valence-electron chi connectivity index (χ2n) is 8.75. The molecule has 186 valence electrons. The Hall–Kier alpha value is -3.08. The van der Waals surface area contributed by atoms with Crippen molar-refractivity contribution >= 4 is 34.8 Å². The third kappa shape index (κ3) is 4.68. The van der Waals surface area contributed by atoms with E-state index in [1.807, 2.05) is 0 Å². The third-order valence-corrected chi connectivity index (χ3v) is 7.27. The van der Waals surface area contributed by atoms with Gasteiger partial charge in [0.25, 0.3) is 0 Å². The molecule has 0 fully saturated rings. The number of nitrogens with one attached hydrogen (secondary N) is 2. The van der Waals surface area contributed by atoms with E-state index in [0.29, 0.717) is 45.4 Å². The summed E-state index contributed by atoms with van der Waals surface area (Å²) in [6.45, 7) is 8.31. The number of aromatic nitrogens is 2. The summed E-state index contributed by atoms with van der Waals surface area (Å²) >= 11 is 12.1. The van der Waals surface area contributed by atoms with Crippen molar-refractivity contribution in [3.63, 3.8) is 0 Å². The number of ketones is 2. The predicted molar refractivity (Wildman–Crippen MR) is 148 cm³/mol. The Balaban J connectivity index is 1.89. The SMILES string of the molecule is CCc1c(C(=O)c2ccc(Cl)cc2)[nH]c(-c2[nH]c(C(=O)c3ccc(Cl)cc3)c(CC)c2CC)c1CC. The Labute approximate surface area is 222 Å². The first-order valence-electron chi connectivity index (χ1n) is 12.4. The summed E-state index contributed by atoms with van der Waals surface area (Å²) in [7, 11) is 0. The van der Waals surface area contributed by atoms with Gasteiger partial charge in [-0.1, -0.05) is 50.9 Å². The molecular weight excluding hydrogens is 491 g/mol. The molecule has 0 saturated carbocycles. The van der Waals surface area contributed by atoms with Gasteiger partial charge < -0.3 is 9.97 Å². The predicted octanol–water partition coefficient (Wildman–Crippen LogP) is 8.03. The lowest BCUT2D eigenvalue weighted by atomic mass is 9.96. The van der Waals surface area contributed by atoms with Crippen LogP contribution in [-0.2, 0) is 25.7 Å². The lowest BCUT2D eigenvalue weighted by molar-refractivity contribution is 0.102. The fourth-order valence-electron chi connectivity index (χ4n) is 5.02. The Morgan fingerprint density at radius 1 is 0.556 bits per heavy atom. The van der Waals surface area contributed by atoms with Crippen molar-refractivity contribution in [3.8, 4) is 11.4 Å². The summed E-state index contributed by atoms with van der Waals surface area (Å²) in [6.07, 6.45) is 2.95. The van der Waals surface area contributed by atoms with Crippen molar-refractivity contribution in [2.45, 2.75) is 53.4 Å². The first-order valence-corrected chi connectivity index (χ1v) is 13.2. The molecule has 4 nitrogen and oxygen atoms in total. The van der Waals surface area contributed by atoms with Gasteiger partial charge in [0.2, 0.25) is 11.6 Å². The maximum Gasteiger partial charge on any atom is 0.209 e. The van der Waals surface area contributed by atoms with Crippen molar-refractivity contribution in [2.75, 3.05) is 0 Å². The van der Waals surface area contributed by atoms with Crippen molar-refractivity contribution in [3.05, 3.63) is 103 Å². The van der Waals surface area contributed by atoms with E-state index in [9.17, 15) is 9.59 Å². The molecule has 0 unspecified atom stereocenters. The summed E-state index contributed by atoms with van der Waals surface area (Å²) in [5, 5.41) is 1.18. The van der Waals surface area contributed by atoms with Crippen LogP contribution in [0.4, 0.5) is 0 Å². The number of hydrogen-bond donors (Lipinski definition) is 2. The Morgan fingerprint density at radius 2 is 0.861 bits per heavy atom. The number of aromatic amines is 2. The van der Waals surface area contributed by atoms with Crippen LogP contribution in [0.5, 0.6) is 0 Å². The number of H-pyrrole nitrogens is 2. The normalized spacial score (nSPS) is 11.2. The minimum atomic E-state index is -0.0674. The van der Waals surface area contributed by atoms with Crippen LogP contribution in [0.25, 0.3) is 11.4 Å². The molecule has 0 amide bonds. The van der Waals surface area contributed by atoms with Gasteiger partial charge in [-0.2, -0.15) is 0 Å². The van der Waals surface area contributed by atoms with Crippen LogP contribution < -0.4 is 0 Å². The summed E-state index contributed by atoms with van der Waals surface area (Å²) < 4.78 is 0. The summed E-state index contributed by atoms with van der Waals surface area (Å²) in [5.41, 5.74) is 8.32. The molecule has 2 aromatic heterocycles. The van der Waals surface area contributed by atoms with Gasteiger partial charge in [-0.05, 0) is 96.5 Å². The molecule has 6 heteroatoms. The zero-order chi connectivity index (χ0) is 26.0. The van der Waals surface area contributed by atoms with Gasteiger partial charge in [-0.15, -0.1) is 0 Å². The fourth-order valence-corrected chi connectivity index (χ4v) is 5.27. The fraction of sp³-hybridized carbons (Fsp3) is 0.267. The van der Waals surface area contributed by atoms with E-state index in [-0.39, 0.29) is 11.6 Å². The maximum absolute atomic E-state index is 13.5. The van der Waals surface area contributed by atoms with Gasteiger partial charge in [0.15, 0.2) is 0 Å². The highest BCUT2D eigenvalue weighted by Crippen LogP contribution is 2.36. The van der Waals surface area contributed by atoms with Crippen LogP contribution in [0, 0.1) is 0 Å². The van der Waals surface area contributed by atoms with Crippen LogP contribution in [-0.4, -0.2) is 21.5 Å². The molecule has 0 radical (unpaired) electrons. The van der Waals surface area contributed by atoms with Crippen LogP contribution in [0.15, 0.2) is 48.5 Å². The van der Waals surface area contributed by atoms with Crippen LogP contribution >= 0.6 is 23.2 Å². The van der Waals surface area contributed by atoms with Crippen LogP contribution in [0.1, 0.15) is 82.1 Å². The van der Waals surface area contributed by atoms with E-state index in [4.69, 9.17) is 23.2 Å². The monoisotopic (exact) mass is 520 g/mol. The topological polar surface area (TPSA) is 65.7 Å². The quantitative estimate of drug-likeness (QED) is 0.219. The number of hydrogen-bond acceptors (Lipinski definition) is 2. The largest absolute Gasteiger partial charge is 0.350 e. The highest BCUT2D eigenvalue weighted by molar-refractivity contribution is 6.31. The van der Waals surface area contributed by atoms with E-state index in [0.717, 1.165) is 46.5 Å². The van der Waals surface area contributed by atoms with E-state index in [1.165, 1.54) is 0 Å². The molecule has 0 aliphatic heterocycles. The Kier molecular flexibility index (Phi) is 7.87. The molecule has 0 bridgehead atoms. The van der Waals surface area contributed by atoms with E-state index in [1.54, 1.807) is 48.5 Å². The standard InChI is InChI=1S/C30H30Cl2N2O2/c1-5-21-23(7-3)27(29(35)17-9-13-19(31)14-10-17)33-25(21)26-22(6-2)24(8-4)28(34-26)30(36)18-11-15-20(32)16-12-18/h9-16,33-34H,5-8H2,1-4H3. The first kappa shape index (κ1) is 26.0. The van der Waals surface area contributed by atoms with Crippen LogP contribution in [0.2, 0.25) is 10.0 Å². The first-order chi connectivity index (χ1) is 17.3. The van der Waals surface area contributed by atoms with Crippen LogP contribution in [0.3, 0.4) is 0 Å². The average Bonchev–Trinajstić information content (AvgIpc) is 3.46. The van der Waals surface area contributed by atoms with Gasteiger partial charge in [-0.25, -0.2) is 0 Å². The summed E-state index contributed by atoms with van der Waals surface area (Å²) in [5.74, 6) is -0.135. The molecule has 2 N–H and O–H groups in total. The number of halogens is 2. The summed E-state index contributed by atoms with van der Waals surface area (Å²) in [6, 6.07) is 13.9. The molecule has 0 atom stereocenters. The van der Waals surface area contributed by atoms with Gasteiger partial charge in [-0.3, -0.25) is 9.59 Å². The third-order valence-electron chi connectivity index (χ3n) is 6.77. The zero-order valence-corrected chi connectivity index (χ0v) is 22.5. The second kappa shape index (κ2) is 10.9. The van der Waals surface area contributed by atoms with Gasteiger partial charge in [0.05, 0.1) is 22.8 Å². The molecule has 2 aromatic carbocycles. The molecule has 0 saturated heterocycles. The minimum Gasteiger partial charge on any atom is -0.350 e. The molecule has 2 heterocycles. The van der Waals surface area contributed by atoms with Crippen molar-refractivity contribution in [2.24, 2.45) is 0 Å². The van der Waals surface area contributed by atoms with Crippen molar-refractivity contribution < 1.29 is 9.59 Å². The maximum atomic E-state index is 13.5. The lowest BCUT2D eigenvalue weighted by Crippen LogP contribution is -2.05. The van der Waals surface area contributed by atoms with Crippen molar-refractivity contribution in [1.82, 2.24) is 9.97 Å². The summed E-state index contributed by atoms with van der Waals surface area (Å²) in [4.78, 5) is 33.9. The number of benzene rings is 2. The molecule has 0 aliphatic carbocycles. The number of rotatable bonds is 9. The van der Waals surface area contributed by atoms with E-state index >= 15 is 0 Å². The van der Waals surface area contributed by atoms with Gasteiger partial charge >= 0.3 is 0 Å². The number of carbonyl (C=O) groups excluding carboxylic acids is 2. The Bertz CT molecular complexity index is 1300. The molecule has 4 aromatic rings. The molecular formula is C30H30Cl2N2O2. The molecule has 4 rings (SSSR count).